The number of nitrogen functional groups attached to an aromatic ring is 1. The number of pyridine rings is 1. The fourth-order valence-corrected chi connectivity index (χ4v) is 3.85. The molecule has 4 N–H and O–H groups in total. The van der Waals surface area contributed by atoms with Crippen molar-refractivity contribution in [3.05, 3.63) is 57.7 Å². The smallest absolute Gasteiger partial charge is 0.243 e. The van der Waals surface area contributed by atoms with E-state index in [0.717, 1.165) is 37.1 Å². The molecule has 1 aliphatic heterocycles. The number of nitrogens with one attached hydrogen (secondary N) is 2. The predicted molar refractivity (Wildman–Crippen MR) is 123 cm³/mol. The van der Waals surface area contributed by atoms with Gasteiger partial charge in [-0.15, -0.1) is 0 Å². The molecule has 2 heterocycles. The van der Waals surface area contributed by atoms with Gasteiger partial charge in [0.25, 0.3) is 0 Å². The molecule has 0 saturated carbocycles. The third-order valence-electron chi connectivity index (χ3n) is 5.21. The van der Waals surface area contributed by atoms with Crippen molar-refractivity contribution in [2.24, 2.45) is 0 Å². The number of rotatable bonds is 8. The predicted octanol–water partition coefficient (Wildman–Crippen LogP) is 2.80. The van der Waals surface area contributed by atoms with Crippen molar-refractivity contribution in [3.8, 4) is 0 Å². The van der Waals surface area contributed by atoms with Crippen LogP contribution in [-0.4, -0.2) is 47.4 Å². The molecule has 1 aliphatic rings. The average molecular weight is 464 g/mol. The highest BCUT2D eigenvalue weighted by Gasteiger charge is 2.23. The molecule has 31 heavy (non-hydrogen) atoms. The molecular formula is C22H27Cl2N5O2. The van der Waals surface area contributed by atoms with Gasteiger partial charge in [0.05, 0.1) is 16.6 Å². The van der Waals surface area contributed by atoms with Crippen molar-refractivity contribution < 1.29 is 9.59 Å². The van der Waals surface area contributed by atoms with Gasteiger partial charge in [-0.2, -0.15) is 0 Å². The number of likely N-dealkylation sites (tertiary alicyclic amines) is 1. The van der Waals surface area contributed by atoms with Gasteiger partial charge in [0, 0.05) is 19.2 Å². The van der Waals surface area contributed by atoms with Gasteiger partial charge in [-0.3, -0.25) is 14.5 Å². The number of hydrogen-bond donors (Lipinski definition) is 3. The summed E-state index contributed by atoms with van der Waals surface area (Å²) in [7, 11) is 0. The summed E-state index contributed by atoms with van der Waals surface area (Å²) in [5.74, 6) is -0.0382. The summed E-state index contributed by atoms with van der Waals surface area (Å²) >= 11 is 12.1. The third-order valence-corrected chi connectivity index (χ3v) is 5.94. The lowest BCUT2D eigenvalue weighted by Crippen LogP contribution is -2.50. The van der Waals surface area contributed by atoms with E-state index < -0.39 is 6.04 Å². The van der Waals surface area contributed by atoms with Crippen LogP contribution in [0.4, 0.5) is 5.82 Å². The first-order valence-electron chi connectivity index (χ1n) is 10.3. The highest BCUT2D eigenvalue weighted by atomic mass is 35.5. The van der Waals surface area contributed by atoms with E-state index in [1.54, 1.807) is 36.5 Å². The number of amides is 2. The first-order chi connectivity index (χ1) is 14.9. The van der Waals surface area contributed by atoms with Gasteiger partial charge >= 0.3 is 0 Å². The van der Waals surface area contributed by atoms with Crippen LogP contribution in [0.1, 0.15) is 30.4 Å². The van der Waals surface area contributed by atoms with Gasteiger partial charge in [-0.25, -0.2) is 4.98 Å². The van der Waals surface area contributed by atoms with E-state index in [0.29, 0.717) is 22.3 Å². The van der Waals surface area contributed by atoms with Crippen LogP contribution < -0.4 is 16.4 Å². The van der Waals surface area contributed by atoms with E-state index in [4.69, 9.17) is 28.9 Å². The number of piperidine rings is 1. The maximum Gasteiger partial charge on any atom is 0.243 e. The van der Waals surface area contributed by atoms with Crippen LogP contribution in [0.15, 0.2) is 36.5 Å². The first kappa shape index (κ1) is 23.3. The van der Waals surface area contributed by atoms with Crippen LogP contribution in [0.3, 0.4) is 0 Å². The number of halogens is 2. The number of anilines is 1. The molecule has 0 bridgehead atoms. The molecule has 1 aromatic heterocycles. The van der Waals surface area contributed by atoms with E-state index in [9.17, 15) is 9.59 Å². The Morgan fingerprint density at radius 2 is 1.81 bits per heavy atom. The van der Waals surface area contributed by atoms with Crippen molar-refractivity contribution in [1.29, 1.82) is 0 Å². The summed E-state index contributed by atoms with van der Waals surface area (Å²) in [6, 6.07) is 7.93. The molecule has 1 saturated heterocycles. The zero-order valence-electron chi connectivity index (χ0n) is 17.2. The summed E-state index contributed by atoms with van der Waals surface area (Å²) in [6.07, 6.45) is 5.29. The second-order valence-corrected chi connectivity index (χ2v) is 8.53. The second kappa shape index (κ2) is 11.3. The largest absolute Gasteiger partial charge is 0.384 e. The number of carbonyl (C=O) groups excluding carboxylic acids is 2. The third kappa shape index (κ3) is 7.38. The lowest BCUT2D eigenvalue weighted by Gasteiger charge is -2.27. The average Bonchev–Trinajstić information content (AvgIpc) is 2.76. The standard InChI is InChI=1S/C22H27Cl2N5O2/c23-17-6-4-15(10-18(17)24)11-19(28-21(30)14-29-8-2-1-3-9-29)22(31)27-13-16-5-7-20(25)26-12-16/h4-7,10,12,19H,1-3,8-9,11,13-14H2,(H2,25,26)(H,27,31)(H,28,30)/t19-/m0/s1. The van der Waals surface area contributed by atoms with Crippen LogP contribution in [0.25, 0.3) is 0 Å². The van der Waals surface area contributed by atoms with Crippen molar-refractivity contribution in [3.63, 3.8) is 0 Å². The number of benzene rings is 1. The molecule has 3 rings (SSSR count). The summed E-state index contributed by atoms with van der Waals surface area (Å²) in [5.41, 5.74) is 7.22. The van der Waals surface area contributed by atoms with Crippen molar-refractivity contribution in [1.82, 2.24) is 20.5 Å². The Balaban J connectivity index is 1.65. The summed E-state index contributed by atoms with van der Waals surface area (Å²) in [6.45, 7) is 2.38. The Morgan fingerprint density at radius 1 is 1.06 bits per heavy atom. The van der Waals surface area contributed by atoms with E-state index in [1.165, 1.54) is 6.42 Å². The Hall–Kier alpha value is -2.35. The Kier molecular flexibility index (Phi) is 8.51. The van der Waals surface area contributed by atoms with E-state index in [-0.39, 0.29) is 24.9 Å². The zero-order valence-corrected chi connectivity index (χ0v) is 18.8. The molecule has 1 fully saturated rings. The Bertz CT molecular complexity index is 901. The van der Waals surface area contributed by atoms with E-state index in [1.807, 2.05) is 0 Å². The molecule has 0 aliphatic carbocycles. The number of carbonyl (C=O) groups is 2. The molecule has 0 unspecified atom stereocenters. The van der Waals surface area contributed by atoms with Crippen LogP contribution in [0.2, 0.25) is 10.0 Å². The molecular weight excluding hydrogens is 437 g/mol. The molecule has 9 heteroatoms. The van der Waals surface area contributed by atoms with Crippen molar-refractivity contribution in [2.45, 2.75) is 38.3 Å². The minimum absolute atomic E-state index is 0.170. The Labute approximate surface area is 192 Å². The van der Waals surface area contributed by atoms with Gasteiger partial charge in [-0.05, 0) is 55.3 Å². The van der Waals surface area contributed by atoms with Gasteiger partial charge < -0.3 is 16.4 Å². The molecule has 0 spiro atoms. The lowest BCUT2D eigenvalue weighted by molar-refractivity contribution is -0.129. The highest BCUT2D eigenvalue weighted by Crippen LogP contribution is 2.23. The SMILES string of the molecule is Nc1ccc(CNC(=O)[C@H](Cc2ccc(Cl)c(Cl)c2)NC(=O)CN2CCCCC2)cn1. The summed E-state index contributed by atoms with van der Waals surface area (Å²) in [4.78, 5) is 31.7. The maximum absolute atomic E-state index is 12.9. The van der Waals surface area contributed by atoms with Crippen LogP contribution in [0, 0.1) is 0 Å². The van der Waals surface area contributed by atoms with Gasteiger partial charge in [0.15, 0.2) is 0 Å². The monoisotopic (exact) mass is 463 g/mol. The van der Waals surface area contributed by atoms with Crippen LogP contribution in [-0.2, 0) is 22.6 Å². The molecule has 1 aromatic carbocycles. The fraction of sp³-hybridized carbons (Fsp3) is 0.409. The van der Waals surface area contributed by atoms with Gasteiger partial charge in [0.2, 0.25) is 11.8 Å². The topological polar surface area (TPSA) is 100 Å². The van der Waals surface area contributed by atoms with E-state index in [2.05, 4.69) is 20.5 Å². The van der Waals surface area contributed by atoms with Gasteiger partial charge in [0.1, 0.15) is 11.9 Å². The molecule has 2 amide bonds. The molecule has 0 radical (unpaired) electrons. The number of nitrogens with two attached hydrogens (primary N) is 1. The summed E-state index contributed by atoms with van der Waals surface area (Å²) < 4.78 is 0. The minimum Gasteiger partial charge on any atom is -0.384 e. The zero-order chi connectivity index (χ0) is 22.2. The molecule has 2 aromatic rings. The quantitative estimate of drug-likeness (QED) is 0.558. The molecule has 1 atom stereocenters. The fourth-order valence-electron chi connectivity index (χ4n) is 3.53. The van der Waals surface area contributed by atoms with Gasteiger partial charge in [-0.1, -0.05) is 41.8 Å². The first-order valence-corrected chi connectivity index (χ1v) is 11.1. The van der Waals surface area contributed by atoms with Crippen molar-refractivity contribution >= 4 is 40.8 Å². The maximum atomic E-state index is 12.9. The lowest BCUT2D eigenvalue weighted by atomic mass is 10.0. The van der Waals surface area contributed by atoms with Crippen molar-refractivity contribution in [2.75, 3.05) is 25.4 Å². The molecule has 7 nitrogen and oxygen atoms in total. The minimum atomic E-state index is -0.740. The number of aromatic nitrogens is 1. The second-order valence-electron chi connectivity index (χ2n) is 7.72. The number of nitrogens with zero attached hydrogens (tertiary/aromatic N) is 2. The highest BCUT2D eigenvalue weighted by molar-refractivity contribution is 6.42. The molecule has 166 valence electrons. The Morgan fingerprint density at radius 3 is 2.48 bits per heavy atom. The van der Waals surface area contributed by atoms with Crippen LogP contribution >= 0.6 is 23.2 Å². The van der Waals surface area contributed by atoms with Crippen LogP contribution in [0.5, 0.6) is 0 Å². The number of hydrogen-bond acceptors (Lipinski definition) is 5. The normalized spacial score (nSPS) is 15.3. The van der Waals surface area contributed by atoms with E-state index >= 15 is 0 Å². The summed E-state index contributed by atoms with van der Waals surface area (Å²) in [5, 5.41) is 6.60.